The molecule has 8 heteroatoms. The smallest absolute Gasteiger partial charge is 0.292 e. The number of hydrogen-bond donors (Lipinski definition) is 1. The van der Waals surface area contributed by atoms with E-state index in [2.05, 4.69) is 10.5 Å². The highest BCUT2D eigenvalue weighted by Gasteiger charge is 2.25. The summed E-state index contributed by atoms with van der Waals surface area (Å²) in [6.07, 6.45) is 0.658. The average molecular weight is 374 g/mol. The van der Waals surface area contributed by atoms with Gasteiger partial charge in [0, 0.05) is 38.8 Å². The number of aromatic nitrogens is 1. The molecule has 0 bridgehead atoms. The molecular weight excluding hydrogens is 351 g/mol. The number of halogens is 1. The number of nitrogens with zero attached hydrogens (tertiary/aromatic N) is 3. The molecule has 1 saturated heterocycles. The molecule has 0 aliphatic carbocycles. The highest BCUT2D eigenvalue weighted by atomic mass is 19.1. The molecule has 3 rings (SSSR count). The standard InChI is InChI=1S/C19H23FN4O3/c1-14-12-17(27-22-14)19(26)24-10-8-23(9-11-24)13-18(25)21-7-6-15-2-4-16(20)5-3-15/h2-5,12H,6-11,13H2,1H3,(H,21,25). The van der Waals surface area contributed by atoms with Gasteiger partial charge in [-0.2, -0.15) is 0 Å². The van der Waals surface area contributed by atoms with Gasteiger partial charge in [0.05, 0.1) is 12.2 Å². The molecule has 0 saturated carbocycles. The van der Waals surface area contributed by atoms with Gasteiger partial charge in [0.15, 0.2) is 0 Å². The molecule has 0 radical (unpaired) electrons. The lowest BCUT2D eigenvalue weighted by molar-refractivity contribution is -0.122. The molecule has 0 atom stereocenters. The van der Waals surface area contributed by atoms with Gasteiger partial charge in [-0.25, -0.2) is 4.39 Å². The summed E-state index contributed by atoms with van der Waals surface area (Å²) in [6, 6.07) is 7.89. The molecule has 2 aromatic rings. The maximum atomic E-state index is 12.9. The third kappa shape index (κ3) is 5.37. The van der Waals surface area contributed by atoms with E-state index in [4.69, 9.17) is 4.52 Å². The van der Waals surface area contributed by atoms with Crippen LogP contribution in [-0.2, 0) is 11.2 Å². The summed E-state index contributed by atoms with van der Waals surface area (Å²) >= 11 is 0. The van der Waals surface area contributed by atoms with Crippen LogP contribution < -0.4 is 5.32 Å². The van der Waals surface area contributed by atoms with Crippen molar-refractivity contribution in [2.75, 3.05) is 39.3 Å². The molecule has 1 aliphatic rings. The number of nitrogens with one attached hydrogen (secondary N) is 1. The molecule has 1 N–H and O–H groups in total. The maximum absolute atomic E-state index is 12.9. The van der Waals surface area contributed by atoms with Crippen molar-refractivity contribution in [3.05, 3.63) is 53.2 Å². The fourth-order valence-electron chi connectivity index (χ4n) is 2.99. The molecule has 1 aromatic carbocycles. The van der Waals surface area contributed by atoms with Crippen molar-refractivity contribution in [3.8, 4) is 0 Å². The Kier molecular flexibility index (Phi) is 6.18. The first-order chi connectivity index (χ1) is 13.0. The molecule has 1 fully saturated rings. The van der Waals surface area contributed by atoms with E-state index < -0.39 is 0 Å². The molecule has 7 nitrogen and oxygen atoms in total. The van der Waals surface area contributed by atoms with Gasteiger partial charge < -0.3 is 14.7 Å². The van der Waals surface area contributed by atoms with Crippen LogP contribution in [-0.4, -0.2) is 66.0 Å². The zero-order valence-corrected chi connectivity index (χ0v) is 15.3. The van der Waals surface area contributed by atoms with Crippen LogP contribution in [0.4, 0.5) is 4.39 Å². The van der Waals surface area contributed by atoms with E-state index in [0.29, 0.717) is 51.4 Å². The summed E-state index contributed by atoms with van der Waals surface area (Å²) < 4.78 is 17.9. The summed E-state index contributed by atoms with van der Waals surface area (Å²) in [5.41, 5.74) is 1.65. The Balaban J connectivity index is 1.36. The van der Waals surface area contributed by atoms with E-state index in [0.717, 1.165) is 5.56 Å². The van der Waals surface area contributed by atoms with E-state index >= 15 is 0 Å². The lowest BCUT2D eigenvalue weighted by Crippen LogP contribution is -2.51. The van der Waals surface area contributed by atoms with Crippen molar-refractivity contribution < 1.29 is 18.5 Å². The Morgan fingerprint density at radius 2 is 1.89 bits per heavy atom. The molecule has 144 valence electrons. The minimum Gasteiger partial charge on any atom is -0.355 e. The molecule has 0 unspecified atom stereocenters. The fourth-order valence-corrected chi connectivity index (χ4v) is 2.99. The number of carbonyl (C=O) groups is 2. The minimum absolute atomic E-state index is 0.0530. The Bertz CT molecular complexity index is 783. The maximum Gasteiger partial charge on any atom is 0.292 e. The Hall–Kier alpha value is -2.74. The average Bonchev–Trinajstić information content (AvgIpc) is 3.10. The lowest BCUT2D eigenvalue weighted by atomic mass is 10.1. The normalized spacial score (nSPS) is 15.0. The van der Waals surface area contributed by atoms with Crippen molar-refractivity contribution in [2.24, 2.45) is 0 Å². The molecule has 2 amide bonds. The number of benzene rings is 1. The van der Waals surface area contributed by atoms with Crippen LogP contribution in [0.1, 0.15) is 21.8 Å². The quantitative estimate of drug-likeness (QED) is 0.823. The van der Waals surface area contributed by atoms with Gasteiger partial charge in [-0.15, -0.1) is 0 Å². The van der Waals surface area contributed by atoms with E-state index in [1.54, 1.807) is 30.0 Å². The molecule has 1 aromatic heterocycles. The third-order valence-corrected chi connectivity index (χ3v) is 4.51. The highest BCUT2D eigenvalue weighted by Crippen LogP contribution is 2.10. The van der Waals surface area contributed by atoms with E-state index in [1.165, 1.54) is 12.1 Å². The van der Waals surface area contributed by atoms with Crippen LogP contribution in [0.2, 0.25) is 0 Å². The summed E-state index contributed by atoms with van der Waals surface area (Å²) in [5, 5.41) is 6.61. The second-order valence-corrected chi connectivity index (χ2v) is 6.63. The molecule has 2 heterocycles. The van der Waals surface area contributed by atoms with E-state index in [1.807, 2.05) is 4.90 Å². The van der Waals surface area contributed by atoms with Gasteiger partial charge in [-0.05, 0) is 31.0 Å². The molecule has 27 heavy (non-hydrogen) atoms. The minimum atomic E-state index is -0.265. The van der Waals surface area contributed by atoms with Gasteiger partial charge >= 0.3 is 0 Å². The zero-order chi connectivity index (χ0) is 19.2. The van der Waals surface area contributed by atoms with Crippen LogP contribution in [0.15, 0.2) is 34.9 Å². The number of amides is 2. The largest absolute Gasteiger partial charge is 0.355 e. The van der Waals surface area contributed by atoms with Crippen LogP contribution in [0.25, 0.3) is 0 Å². The summed E-state index contributed by atoms with van der Waals surface area (Å²) in [4.78, 5) is 28.1. The SMILES string of the molecule is Cc1cc(C(=O)N2CCN(CC(=O)NCCc3ccc(F)cc3)CC2)on1. The Morgan fingerprint density at radius 1 is 1.19 bits per heavy atom. The summed E-state index contributed by atoms with van der Waals surface area (Å²) in [6.45, 7) is 4.92. The number of aryl methyl sites for hydroxylation is 1. The number of hydrogen-bond acceptors (Lipinski definition) is 5. The second kappa shape index (κ2) is 8.77. The Morgan fingerprint density at radius 3 is 2.52 bits per heavy atom. The van der Waals surface area contributed by atoms with Crippen molar-refractivity contribution in [1.82, 2.24) is 20.3 Å². The number of carbonyl (C=O) groups excluding carboxylic acids is 2. The van der Waals surface area contributed by atoms with Crippen LogP contribution >= 0.6 is 0 Å². The van der Waals surface area contributed by atoms with Gasteiger partial charge in [0.2, 0.25) is 11.7 Å². The molecular formula is C19H23FN4O3. The van der Waals surface area contributed by atoms with Crippen LogP contribution in [0.5, 0.6) is 0 Å². The van der Waals surface area contributed by atoms with Crippen LogP contribution in [0, 0.1) is 12.7 Å². The fraction of sp³-hybridized carbons (Fsp3) is 0.421. The highest BCUT2D eigenvalue weighted by molar-refractivity contribution is 5.91. The van der Waals surface area contributed by atoms with Gasteiger partial charge in [-0.3, -0.25) is 14.5 Å². The number of rotatable bonds is 6. The van der Waals surface area contributed by atoms with E-state index in [-0.39, 0.29) is 23.4 Å². The van der Waals surface area contributed by atoms with E-state index in [9.17, 15) is 14.0 Å². The van der Waals surface area contributed by atoms with Crippen molar-refractivity contribution in [3.63, 3.8) is 0 Å². The van der Waals surface area contributed by atoms with Gasteiger partial charge in [-0.1, -0.05) is 17.3 Å². The number of piperazine rings is 1. The molecule has 0 spiro atoms. The van der Waals surface area contributed by atoms with Crippen molar-refractivity contribution in [1.29, 1.82) is 0 Å². The van der Waals surface area contributed by atoms with Gasteiger partial charge in [0.1, 0.15) is 5.82 Å². The third-order valence-electron chi connectivity index (χ3n) is 4.51. The van der Waals surface area contributed by atoms with Crippen molar-refractivity contribution >= 4 is 11.8 Å². The Labute approximate surface area is 157 Å². The predicted molar refractivity (Wildman–Crippen MR) is 96.7 cm³/mol. The zero-order valence-electron chi connectivity index (χ0n) is 15.3. The molecule has 1 aliphatic heterocycles. The summed E-state index contributed by atoms with van der Waals surface area (Å²) in [5.74, 6) is -0.236. The first-order valence-corrected chi connectivity index (χ1v) is 8.97. The predicted octanol–water partition coefficient (Wildman–Crippen LogP) is 1.24. The first-order valence-electron chi connectivity index (χ1n) is 8.97. The first kappa shape index (κ1) is 19.0. The lowest BCUT2D eigenvalue weighted by Gasteiger charge is -2.33. The second-order valence-electron chi connectivity index (χ2n) is 6.63. The van der Waals surface area contributed by atoms with Gasteiger partial charge in [0.25, 0.3) is 5.91 Å². The topological polar surface area (TPSA) is 78.7 Å². The van der Waals surface area contributed by atoms with Crippen LogP contribution in [0.3, 0.4) is 0 Å². The summed E-state index contributed by atoms with van der Waals surface area (Å²) in [7, 11) is 0. The van der Waals surface area contributed by atoms with Crippen molar-refractivity contribution in [2.45, 2.75) is 13.3 Å². The monoisotopic (exact) mass is 374 g/mol.